The van der Waals surface area contributed by atoms with Crippen LogP contribution in [-0.2, 0) is 20.7 Å². The van der Waals surface area contributed by atoms with Crippen LogP contribution in [0.15, 0.2) is 30.3 Å². The van der Waals surface area contributed by atoms with Gasteiger partial charge in [0.15, 0.2) is 6.23 Å². The molecule has 1 saturated carbocycles. The fourth-order valence-corrected chi connectivity index (χ4v) is 3.88. The minimum Gasteiger partial charge on any atom is -0.446 e. The maximum atomic E-state index is 12.4. The molecule has 144 valence electrons. The van der Waals surface area contributed by atoms with Gasteiger partial charge < -0.3 is 14.6 Å². The molecule has 2 aliphatic rings. The highest BCUT2D eigenvalue weighted by Crippen LogP contribution is 2.33. The minimum absolute atomic E-state index is 0.0481. The average molecular weight is 361 g/mol. The third-order valence-electron chi connectivity index (χ3n) is 6.00. The van der Waals surface area contributed by atoms with Crippen molar-refractivity contribution in [1.29, 1.82) is 0 Å². The maximum absolute atomic E-state index is 12.4. The number of benzene rings is 1. The van der Waals surface area contributed by atoms with E-state index in [1.54, 1.807) is 7.11 Å². The highest BCUT2D eigenvalue weighted by atomic mass is 16.6. The van der Waals surface area contributed by atoms with Gasteiger partial charge >= 0.3 is 5.97 Å². The predicted octanol–water partition coefficient (Wildman–Crippen LogP) is 2.62. The third kappa shape index (κ3) is 4.64. The molecule has 1 N–H and O–H groups in total. The first kappa shape index (κ1) is 19.3. The number of hydrogen-bond acceptors (Lipinski definition) is 5. The van der Waals surface area contributed by atoms with Crippen LogP contribution in [0, 0.1) is 11.3 Å². The lowest BCUT2D eigenvalue weighted by Crippen LogP contribution is -2.50. The van der Waals surface area contributed by atoms with Crippen molar-refractivity contribution in [3.63, 3.8) is 0 Å². The maximum Gasteiger partial charge on any atom is 0.310 e. The van der Waals surface area contributed by atoms with Crippen LogP contribution in [0.5, 0.6) is 0 Å². The Morgan fingerprint density at radius 2 is 1.96 bits per heavy atom. The van der Waals surface area contributed by atoms with E-state index < -0.39 is 0 Å². The second-order valence-corrected chi connectivity index (χ2v) is 7.84. The molecule has 0 spiro atoms. The molecule has 1 aliphatic heterocycles. The second-order valence-electron chi connectivity index (χ2n) is 7.84. The lowest BCUT2D eigenvalue weighted by atomic mass is 9.79. The number of methoxy groups -OCH3 is 1. The standard InChI is InChI=1S/C21H31NO4/c1-25-16-21(15-23)10-12-22(13-11-21)19(14-17-6-3-2-4-7-17)26-20(24)18-8-5-9-18/h2-4,6-7,18-19,23H,5,8-16H2,1H3. The fourth-order valence-electron chi connectivity index (χ4n) is 3.88. The first-order valence-electron chi connectivity index (χ1n) is 9.74. The number of piperidine rings is 1. The quantitative estimate of drug-likeness (QED) is 0.722. The van der Waals surface area contributed by atoms with Gasteiger partial charge in [0.25, 0.3) is 0 Å². The summed E-state index contributed by atoms with van der Waals surface area (Å²) in [6.07, 6.45) is 5.22. The molecule has 0 aromatic heterocycles. The van der Waals surface area contributed by atoms with Crippen LogP contribution in [0.2, 0.25) is 0 Å². The lowest BCUT2D eigenvalue weighted by Gasteiger charge is -2.43. The molecule has 2 fully saturated rings. The molecule has 1 aromatic rings. The summed E-state index contributed by atoms with van der Waals surface area (Å²) in [6.45, 7) is 2.32. The van der Waals surface area contributed by atoms with Crippen LogP contribution >= 0.6 is 0 Å². The number of esters is 1. The predicted molar refractivity (Wildman–Crippen MR) is 99.6 cm³/mol. The Labute approximate surface area is 156 Å². The summed E-state index contributed by atoms with van der Waals surface area (Å²) in [5, 5.41) is 9.81. The third-order valence-corrected chi connectivity index (χ3v) is 6.00. The van der Waals surface area contributed by atoms with Crippen molar-refractivity contribution in [3.05, 3.63) is 35.9 Å². The van der Waals surface area contributed by atoms with Gasteiger partial charge in [0.1, 0.15) is 0 Å². The normalized spacial score (nSPS) is 21.8. The van der Waals surface area contributed by atoms with E-state index >= 15 is 0 Å². The number of aliphatic hydroxyl groups excluding tert-OH is 1. The van der Waals surface area contributed by atoms with E-state index in [-0.39, 0.29) is 30.1 Å². The fraction of sp³-hybridized carbons (Fsp3) is 0.667. The van der Waals surface area contributed by atoms with Gasteiger partial charge in [0.05, 0.1) is 19.1 Å². The topological polar surface area (TPSA) is 59.0 Å². The van der Waals surface area contributed by atoms with E-state index in [9.17, 15) is 9.90 Å². The molecule has 1 aliphatic carbocycles. The zero-order valence-corrected chi connectivity index (χ0v) is 15.7. The Hall–Kier alpha value is -1.43. The molecule has 0 radical (unpaired) electrons. The molecule has 1 aromatic carbocycles. The number of carbonyl (C=O) groups is 1. The highest BCUT2D eigenvalue weighted by molar-refractivity contribution is 5.73. The van der Waals surface area contributed by atoms with E-state index in [0.717, 1.165) is 45.2 Å². The number of likely N-dealkylation sites (tertiary alicyclic amines) is 1. The minimum atomic E-state index is -0.232. The van der Waals surface area contributed by atoms with Crippen LogP contribution in [0.3, 0.4) is 0 Å². The average Bonchev–Trinajstić information content (AvgIpc) is 2.61. The van der Waals surface area contributed by atoms with Gasteiger partial charge in [-0.3, -0.25) is 9.69 Å². The zero-order valence-electron chi connectivity index (χ0n) is 15.7. The van der Waals surface area contributed by atoms with Crippen molar-refractivity contribution in [3.8, 4) is 0 Å². The lowest BCUT2D eigenvalue weighted by molar-refractivity contribution is -0.170. The first-order chi connectivity index (χ1) is 12.7. The molecule has 5 nitrogen and oxygen atoms in total. The molecule has 1 heterocycles. The number of rotatable bonds is 8. The summed E-state index contributed by atoms with van der Waals surface area (Å²) in [5.41, 5.74) is 1.01. The smallest absolute Gasteiger partial charge is 0.310 e. The second kappa shape index (κ2) is 8.98. The van der Waals surface area contributed by atoms with Crippen LogP contribution in [0.1, 0.15) is 37.7 Å². The van der Waals surface area contributed by atoms with Crippen molar-refractivity contribution in [2.24, 2.45) is 11.3 Å². The summed E-state index contributed by atoms with van der Waals surface area (Å²) >= 11 is 0. The summed E-state index contributed by atoms with van der Waals surface area (Å²) in [5.74, 6) is 0.0381. The van der Waals surface area contributed by atoms with Crippen LogP contribution < -0.4 is 0 Å². The zero-order chi connectivity index (χ0) is 18.4. The van der Waals surface area contributed by atoms with Gasteiger partial charge in [0.2, 0.25) is 0 Å². The Balaban J connectivity index is 1.65. The number of ether oxygens (including phenoxy) is 2. The highest BCUT2D eigenvalue weighted by Gasteiger charge is 2.38. The van der Waals surface area contributed by atoms with Gasteiger partial charge in [-0.25, -0.2) is 0 Å². The van der Waals surface area contributed by atoms with Crippen molar-refractivity contribution in [2.45, 2.75) is 44.8 Å². The van der Waals surface area contributed by atoms with Crippen LogP contribution in [0.25, 0.3) is 0 Å². The Morgan fingerprint density at radius 1 is 1.27 bits per heavy atom. The Bertz CT molecular complexity index is 565. The molecule has 0 bridgehead atoms. The molecular formula is C21H31NO4. The number of nitrogens with zero attached hydrogens (tertiary/aromatic N) is 1. The number of aliphatic hydroxyl groups is 1. The Morgan fingerprint density at radius 3 is 2.50 bits per heavy atom. The van der Waals surface area contributed by atoms with Crippen LogP contribution in [0.4, 0.5) is 0 Å². The number of carbonyl (C=O) groups excluding carboxylic acids is 1. The monoisotopic (exact) mass is 361 g/mol. The molecule has 1 atom stereocenters. The van der Waals surface area contributed by atoms with Crippen molar-refractivity contribution in [1.82, 2.24) is 4.90 Å². The molecule has 5 heteroatoms. The summed E-state index contributed by atoms with van der Waals surface area (Å²) in [4.78, 5) is 14.7. The molecule has 1 saturated heterocycles. The van der Waals surface area contributed by atoms with E-state index in [1.165, 1.54) is 5.56 Å². The first-order valence-corrected chi connectivity index (χ1v) is 9.74. The SMILES string of the molecule is COCC1(CO)CCN(C(Cc2ccccc2)OC(=O)C2CCC2)CC1. The largest absolute Gasteiger partial charge is 0.446 e. The van der Waals surface area contributed by atoms with E-state index in [4.69, 9.17) is 9.47 Å². The van der Waals surface area contributed by atoms with Crippen molar-refractivity contribution >= 4 is 5.97 Å². The van der Waals surface area contributed by atoms with Crippen LogP contribution in [-0.4, -0.2) is 55.6 Å². The molecule has 3 rings (SSSR count). The Kier molecular flexibility index (Phi) is 6.68. The van der Waals surface area contributed by atoms with E-state index in [2.05, 4.69) is 17.0 Å². The molecule has 0 amide bonds. The van der Waals surface area contributed by atoms with Gasteiger partial charge in [-0.1, -0.05) is 36.8 Å². The van der Waals surface area contributed by atoms with Gasteiger partial charge in [0, 0.05) is 32.0 Å². The summed E-state index contributed by atoms with van der Waals surface area (Å²) < 4.78 is 11.3. The van der Waals surface area contributed by atoms with Gasteiger partial charge in [-0.2, -0.15) is 0 Å². The van der Waals surface area contributed by atoms with E-state index in [0.29, 0.717) is 13.0 Å². The van der Waals surface area contributed by atoms with Gasteiger partial charge in [-0.15, -0.1) is 0 Å². The molecule has 26 heavy (non-hydrogen) atoms. The van der Waals surface area contributed by atoms with Gasteiger partial charge in [-0.05, 0) is 31.2 Å². The molecule has 1 unspecified atom stereocenters. The molecular weight excluding hydrogens is 330 g/mol. The van der Waals surface area contributed by atoms with Crippen molar-refractivity contribution < 1.29 is 19.4 Å². The van der Waals surface area contributed by atoms with Crippen molar-refractivity contribution in [2.75, 3.05) is 33.4 Å². The summed E-state index contributed by atoms with van der Waals surface area (Å²) in [7, 11) is 1.68. The summed E-state index contributed by atoms with van der Waals surface area (Å²) in [6, 6.07) is 10.2. The van der Waals surface area contributed by atoms with E-state index in [1.807, 2.05) is 18.2 Å². The number of hydrogen-bond donors (Lipinski definition) is 1.